The summed E-state index contributed by atoms with van der Waals surface area (Å²) in [7, 11) is 0. The molecule has 0 aliphatic rings. The Bertz CT molecular complexity index is 619. The summed E-state index contributed by atoms with van der Waals surface area (Å²) in [5, 5.41) is 12.8. The summed E-state index contributed by atoms with van der Waals surface area (Å²) < 4.78 is 5.10. The van der Waals surface area contributed by atoms with Gasteiger partial charge >= 0.3 is 5.97 Å². The Morgan fingerprint density at radius 1 is 1.14 bits per heavy atom. The number of fused-ring (bicyclic) bond motifs is 1. The third-order valence-corrected chi connectivity index (χ3v) is 3.73. The summed E-state index contributed by atoms with van der Waals surface area (Å²) in [5.74, 6) is -0.884. The fourth-order valence-corrected chi connectivity index (χ4v) is 2.60. The van der Waals surface area contributed by atoms with Crippen LogP contribution in [-0.2, 0) is 9.53 Å². The number of aliphatic hydroxyl groups excluding tert-OH is 1. The molecule has 2 atom stereocenters. The number of benzene rings is 2. The van der Waals surface area contributed by atoms with Crippen LogP contribution in [0.25, 0.3) is 10.8 Å². The minimum atomic E-state index is -0.853. The van der Waals surface area contributed by atoms with Crippen LogP contribution in [0.2, 0.25) is 0 Å². The zero-order valence-electron chi connectivity index (χ0n) is 12.7. The Kier molecular flexibility index (Phi) is 4.97. The van der Waals surface area contributed by atoms with Crippen molar-refractivity contribution in [3.63, 3.8) is 0 Å². The zero-order chi connectivity index (χ0) is 15.4. The summed E-state index contributed by atoms with van der Waals surface area (Å²) in [5.41, 5.74) is 0.750. The van der Waals surface area contributed by atoms with Gasteiger partial charge in [-0.05, 0) is 35.2 Å². The van der Waals surface area contributed by atoms with Crippen molar-refractivity contribution in [2.24, 2.45) is 11.8 Å². The first-order valence-electron chi connectivity index (χ1n) is 7.38. The highest BCUT2D eigenvalue weighted by molar-refractivity contribution is 5.83. The molecule has 2 aromatic rings. The van der Waals surface area contributed by atoms with E-state index in [0.29, 0.717) is 6.61 Å². The number of ether oxygens (including phenoxy) is 1. The molecule has 3 nitrogen and oxygen atoms in total. The minimum absolute atomic E-state index is 0.00511. The average molecular weight is 286 g/mol. The lowest BCUT2D eigenvalue weighted by atomic mass is 9.86. The van der Waals surface area contributed by atoms with Gasteiger partial charge < -0.3 is 9.84 Å². The second-order valence-electron chi connectivity index (χ2n) is 5.57. The number of carbonyl (C=O) groups excluding carboxylic acids is 1. The maximum absolute atomic E-state index is 12.1. The number of esters is 1. The lowest BCUT2D eigenvalue weighted by molar-refractivity contribution is -0.154. The van der Waals surface area contributed by atoms with E-state index in [1.807, 2.05) is 56.3 Å². The molecule has 2 aromatic carbocycles. The van der Waals surface area contributed by atoms with Gasteiger partial charge in [0.2, 0.25) is 0 Å². The number of carbonyl (C=O) groups is 1. The molecule has 0 aliphatic heterocycles. The zero-order valence-corrected chi connectivity index (χ0v) is 12.7. The normalized spacial score (nSPS) is 14.1. The Labute approximate surface area is 125 Å². The van der Waals surface area contributed by atoms with Crippen LogP contribution in [0.4, 0.5) is 0 Å². The van der Waals surface area contributed by atoms with Crippen molar-refractivity contribution in [3.05, 3.63) is 48.0 Å². The van der Waals surface area contributed by atoms with Gasteiger partial charge in [-0.2, -0.15) is 0 Å². The third kappa shape index (κ3) is 3.42. The quantitative estimate of drug-likeness (QED) is 0.852. The van der Waals surface area contributed by atoms with Gasteiger partial charge in [-0.25, -0.2) is 0 Å². The smallest absolute Gasteiger partial charge is 0.312 e. The van der Waals surface area contributed by atoms with Gasteiger partial charge in [0.15, 0.2) is 0 Å². The molecule has 0 amide bonds. The van der Waals surface area contributed by atoms with Gasteiger partial charge in [0.05, 0.1) is 18.6 Å². The van der Waals surface area contributed by atoms with Crippen molar-refractivity contribution in [2.45, 2.75) is 26.9 Å². The van der Waals surface area contributed by atoms with Crippen molar-refractivity contribution in [1.29, 1.82) is 0 Å². The molecule has 112 valence electrons. The van der Waals surface area contributed by atoms with Gasteiger partial charge in [-0.15, -0.1) is 0 Å². The predicted octanol–water partition coefficient (Wildman–Crippen LogP) is 3.71. The Morgan fingerprint density at radius 2 is 1.81 bits per heavy atom. The van der Waals surface area contributed by atoms with Gasteiger partial charge in [-0.1, -0.05) is 50.2 Å². The SMILES string of the molecule is CCOC(=O)C(C(C)C)C(O)c1ccc2ccccc2c1. The molecule has 0 saturated heterocycles. The van der Waals surface area contributed by atoms with E-state index in [2.05, 4.69) is 0 Å². The summed E-state index contributed by atoms with van der Waals surface area (Å²) in [6.07, 6.45) is -0.853. The van der Waals surface area contributed by atoms with E-state index < -0.39 is 12.0 Å². The monoisotopic (exact) mass is 286 g/mol. The van der Waals surface area contributed by atoms with Gasteiger partial charge in [-0.3, -0.25) is 4.79 Å². The van der Waals surface area contributed by atoms with Crippen molar-refractivity contribution < 1.29 is 14.6 Å². The fraction of sp³-hybridized carbons (Fsp3) is 0.389. The van der Waals surface area contributed by atoms with E-state index in [-0.39, 0.29) is 11.9 Å². The molecule has 0 saturated carbocycles. The molecule has 0 fully saturated rings. The number of hydrogen-bond donors (Lipinski definition) is 1. The Balaban J connectivity index is 2.33. The van der Waals surface area contributed by atoms with Crippen LogP contribution in [0.3, 0.4) is 0 Å². The highest BCUT2D eigenvalue weighted by Gasteiger charge is 2.32. The Morgan fingerprint density at radius 3 is 2.43 bits per heavy atom. The highest BCUT2D eigenvalue weighted by atomic mass is 16.5. The molecule has 0 bridgehead atoms. The molecule has 0 heterocycles. The van der Waals surface area contributed by atoms with Crippen LogP contribution in [-0.4, -0.2) is 17.7 Å². The molecule has 2 rings (SSSR count). The molecule has 21 heavy (non-hydrogen) atoms. The van der Waals surface area contributed by atoms with E-state index in [1.54, 1.807) is 6.92 Å². The summed E-state index contributed by atoms with van der Waals surface area (Å²) >= 11 is 0. The summed E-state index contributed by atoms with van der Waals surface area (Å²) in [6.45, 7) is 5.95. The fourth-order valence-electron chi connectivity index (χ4n) is 2.60. The summed E-state index contributed by atoms with van der Waals surface area (Å²) in [6, 6.07) is 13.8. The first-order chi connectivity index (χ1) is 10.0. The van der Waals surface area contributed by atoms with Crippen molar-refractivity contribution >= 4 is 16.7 Å². The van der Waals surface area contributed by atoms with E-state index in [9.17, 15) is 9.90 Å². The molecular weight excluding hydrogens is 264 g/mol. The molecular formula is C18H22O3. The topological polar surface area (TPSA) is 46.5 Å². The first-order valence-corrected chi connectivity index (χ1v) is 7.38. The average Bonchev–Trinajstić information content (AvgIpc) is 2.46. The van der Waals surface area contributed by atoms with E-state index >= 15 is 0 Å². The van der Waals surface area contributed by atoms with Gasteiger partial charge in [0.1, 0.15) is 0 Å². The second kappa shape index (κ2) is 6.72. The van der Waals surface area contributed by atoms with E-state index in [1.165, 1.54) is 0 Å². The molecule has 2 unspecified atom stereocenters. The van der Waals surface area contributed by atoms with Crippen molar-refractivity contribution in [3.8, 4) is 0 Å². The van der Waals surface area contributed by atoms with E-state index in [4.69, 9.17) is 4.74 Å². The molecule has 0 spiro atoms. The van der Waals surface area contributed by atoms with Crippen LogP contribution in [0, 0.1) is 11.8 Å². The third-order valence-electron chi connectivity index (χ3n) is 3.73. The van der Waals surface area contributed by atoms with Crippen LogP contribution in [0.5, 0.6) is 0 Å². The van der Waals surface area contributed by atoms with Crippen molar-refractivity contribution in [2.75, 3.05) is 6.61 Å². The van der Waals surface area contributed by atoms with Crippen LogP contribution < -0.4 is 0 Å². The first kappa shape index (κ1) is 15.5. The molecule has 0 radical (unpaired) electrons. The standard InChI is InChI=1S/C18H22O3/c1-4-21-18(20)16(12(2)3)17(19)15-10-9-13-7-5-6-8-14(13)11-15/h5-12,16-17,19H,4H2,1-3H3. The van der Waals surface area contributed by atoms with Crippen molar-refractivity contribution in [1.82, 2.24) is 0 Å². The largest absolute Gasteiger partial charge is 0.466 e. The van der Waals surface area contributed by atoms with E-state index in [0.717, 1.165) is 16.3 Å². The highest BCUT2D eigenvalue weighted by Crippen LogP contribution is 2.31. The van der Waals surface area contributed by atoms with Crippen LogP contribution >= 0.6 is 0 Å². The van der Waals surface area contributed by atoms with Crippen LogP contribution in [0.1, 0.15) is 32.4 Å². The Hall–Kier alpha value is -1.87. The minimum Gasteiger partial charge on any atom is -0.466 e. The lowest BCUT2D eigenvalue weighted by Crippen LogP contribution is -2.29. The predicted molar refractivity (Wildman–Crippen MR) is 83.9 cm³/mol. The van der Waals surface area contributed by atoms with Crippen LogP contribution in [0.15, 0.2) is 42.5 Å². The summed E-state index contributed by atoms with van der Waals surface area (Å²) in [4.78, 5) is 12.1. The molecule has 1 N–H and O–H groups in total. The number of hydrogen-bond acceptors (Lipinski definition) is 3. The van der Waals surface area contributed by atoms with Gasteiger partial charge in [0, 0.05) is 0 Å². The maximum atomic E-state index is 12.1. The molecule has 0 aromatic heterocycles. The molecule has 0 aliphatic carbocycles. The number of aliphatic hydroxyl groups is 1. The maximum Gasteiger partial charge on any atom is 0.312 e. The second-order valence-corrected chi connectivity index (χ2v) is 5.57. The molecule has 3 heteroatoms. The number of rotatable bonds is 5. The van der Waals surface area contributed by atoms with Gasteiger partial charge in [0.25, 0.3) is 0 Å². The lowest BCUT2D eigenvalue weighted by Gasteiger charge is -2.25.